The Labute approximate surface area is 62.5 Å². The Bertz CT molecular complexity index is 75.3. The Balaban J connectivity index is 2.15. The van der Waals surface area contributed by atoms with Crippen LogP contribution < -0.4 is 0 Å². The van der Waals surface area contributed by atoms with Crippen LogP contribution in [0.4, 0.5) is 0 Å². The number of ether oxygens (including phenoxy) is 2. The molecule has 1 atom stereocenters. The molecule has 1 fully saturated rings. The van der Waals surface area contributed by atoms with Gasteiger partial charge in [-0.2, -0.15) is 0 Å². The summed E-state index contributed by atoms with van der Waals surface area (Å²) in [5, 5.41) is 0. The van der Waals surface area contributed by atoms with Gasteiger partial charge in [-0.3, -0.25) is 0 Å². The van der Waals surface area contributed by atoms with Gasteiger partial charge >= 0.3 is 0 Å². The molecular weight excluding hydrogens is 128 g/mol. The van der Waals surface area contributed by atoms with Crippen molar-refractivity contribution in [1.82, 2.24) is 0 Å². The second kappa shape index (κ2) is 4.69. The molecule has 10 heavy (non-hydrogen) atoms. The Kier molecular flexibility index (Phi) is 3.76. The minimum Gasteiger partial charge on any atom is -0.381 e. The second-order valence-corrected chi connectivity index (χ2v) is 2.62. The van der Waals surface area contributed by atoms with Gasteiger partial charge < -0.3 is 9.47 Å². The summed E-state index contributed by atoms with van der Waals surface area (Å²) in [4.78, 5) is 0. The van der Waals surface area contributed by atoms with E-state index in [1.165, 1.54) is 6.42 Å². The van der Waals surface area contributed by atoms with Crippen molar-refractivity contribution in [3.05, 3.63) is 0 Å². The first kappa shape index (κ1) is 8.02. The monoisotopic (exact) mass is 144 g/mol. The third-order valence-electron chi connectivity index (χ3n) is 1.80. The molecule has 1 saturated heterocycles. The van der Waals surface area contributed by atoms with Gasteiger partial charge in [-0.1, -0.05) is 0 Å². The number of rotatable bonds is 2. The maximum Gasteiger partial charge on any atom is 0.0597 e. The van der Waals surface area contributed by atoms with Crippen molar-refractivity contribution in [3.63, 3.8) is 0 Å². The van der Waals surface area contributed by atoms with Crippen LogP contribution in [0.2, 0.25) is 0 Å². The first-order valence-corrected chi connectivity index (χ1v) is 4.13. The molecule has 0 bridgehead atoms. The van der Waals surface area contributed by atoms with Crippen molar-refractivity contribution in [3.8, 4) is 0 Å². The van der Waals surface area contributed by atoms with Gasteiger partial charge in [-0.15, -0.1) is 0 Å². The molecule has 2 heteroatoms. The zero-order valence-electron chi connectivity index (χ0n) is 6.64. The summed E-state index contributed by atoms with van der Waals surface area (Å²) in [5.74, 6) is 0. The molecule has 1 rings (SSSR count). The maximum atomic E-state index is 5.48. The van der Waals surface area contributed by atoms with Gasteiger partial charge in [0.25, 0.3) is 0 Å². The third kappa shape index (κ3) is 2.67. The van der Waals surface area contributed by atoms with Crippen LogP contribution in [0, 0.1) is 0 Å². The SMILES string of the molecule is CCOC1CCCOCC1. The van der Waals surface area contributed by atoms with Crippen LogP contribution in [-0.4, -0.2) is 25.9 Å². The van der Waals surface area contributed by atoms with E-state index in [0.29, 0.717) is 6.10 Å². The predicted molar refractivity (Wildman–Crippen MR) is 40.1 cm³/mol. The van der Waals surface area contributed by atoms with E-state index in [-0.39, 0.29) is 0 Å². The number of hydrogen-bond acceptors (Lipinski definition) is 2. The van der Waals surface area contributed by atoms with Gasteiger partial charge in [0, 0.05) is 19.8 Å². The highest BCUT2D eigenvalue weighted by molar-refractivity contribution is 4.60. The smallest absolute Gasteiger partial charge is 0.0597 e. The van der Waals surface area contributed by atoms with Crippen LogP contribution in [0.1, 0.15) is 26.2 Å². The molecule has 0 radical (unpaired) electrons. The third-order valence-corrected chi connectivity index (χ3v) is 1.80. The van der Waals surface area contributed by atoms with Gasteiger partial charge in [0.2, 0.25) is 0 Å². The van der Waals surface area contributed by atoms with Gasteiger partial charge in [-0.05, 0) is 26.2 Å². The molecule has 0 spiro atoms. The zero-order chi connectivity index (χ0) is 7.23. The fourth-order valence-corrected chi connectivity index (χ4v) is 1.28. The largest absolute Gasteiger partial charge is 0.381 e. The summed E-state index contributed by atoms with van der Waals surface area (Å²) in [7, 11) is 0. The van der Waals surface area contributed by atoms with E-state index in [0.717, 1.165) is 32.7 Å². The predicted octanol–water partition coefficient (Wildman–Crippen LogP) is 1.59. The molecule has 0 aliphatic carbocycles. The molecule has 1 aliphatic rings. The van der Waals surface area contributed by atoms with E-state index >= 15 is 0 Å². The molecular formula is C8H16O2. The average molecular weight is 144 g/mol. The van der Waals surface area contributed by atoms with E-state index in [1.54, 1.807) is 0 Å². The molecule has 2 nitrogen and oxygen atoms in total. The summed E-state index contributed by atoms with van der Waals surface area (Å²) < 4.78 is 10.8. The standard InChI is InChI=1S/C8H16O2/c1-2-10-8-4-3-6-9-7-5-8/h8H,2-7H2,1H3. The van der Waals surface area contributed by atoms with Crippen LogP contribution in [0.5, 0.6) is 0 Å². The molecule has 1 aliphatic heterocycles. The lowest BCUT2D eigenvalue weighted by Gasteiger charge is -2.11. The summed E-state index contributed by atoms with van der Waals surface area (Å²) in [6, 6.07) is 0. The van der Waals surface area contributed by atoms with Crippen molar-refractivity contribution in [2.75, 3.05) is 19.8 Å². The quantitative estimate of drug-likeness (QED) is 0.586. The summed E-state index contributed by atoms with van der Waals surface area (Å²) in [6.07, 6.45) is 3.87. The van der Waals surface area contributed by atoms with E-state index in [2.05, 4.69) is 0 Å². The van der Waals surface area contributed by atoms with Crippen molar-refractivity contribution < 1.29 is 9.47 Å². The summed E-state index contributed by atoms with van der Waals surface area (Å²) >= 11 is 0. The highest BCUT2D eigenvalue weighted by Gasteiger charge is 2.10. The first-order valence-electron chi connectivity index (χ1n) is 4.13. The first-order chi connectivity index (χ1) is 4.93. The highest BCUT2D eigenvalue weighted by atomic mass is 16.5. The van der Waals surface area contributed by atoms with Crippen molar-refractivity contribution in [2.45, 2.75) is 32.3 Å². The fraction of sp³-hybridized carbons (Fsp3) is 1.00. The van der Waals surface area contributed by atoms with Crippen molar-refractivity contribution in [1.29, 1.82) is 0 Å². The lowest BCUT2D eigenvalue weighted by Crippen LogP contribution is -2.12. The van der Waals surface area contributed by atoms with E-state index < -0.39 is 0 Å². The number of hydrogen-bond donors (Lipinski definition) is 0. The molecule has 0 N–H and O–H groups in total. The van der Waals surface area contributed by atoms with Crippen LogP contribution in [-0.2, 0) is 9.47 Å². The van der Waals surface area contributed by atoms with Gasteiger partial charge in [0.1, 0.15) is 0 Å². The van der Waals surface area contributed by atoms with Crippen molar-refractivity contribution in [2.24, 2.45) is 0 Å². The Morgan fingerprint density at radius 1 is 1.40 bits per heavy atom. The molecule has 1 heterocycles. The minimum absolute atomic E-state index is 0.465. The molecule has 1 unspecified atom stereocenters. The normalized spacial score (nSPS) is 27.9. The molecule has 0 aromatic rings. The highest BCUT2D eigenvalue weighted by Crippen LogP contribution is 2.11. The maximum absolute atomic E-state index is 5.48. The van der Waals surface area contributed by atoms with Crippen LogP contribution in [0.3, 0.4) is 0 Å². The van der Waals surface area contributed by atoms with Crippen LogP contribution in [0.15, 0.2) is 0 Å². The molecule has 0 aromatic carbocycles. The Morgan fingerprint density at radius 3 is 3.10 bits per heavy atom. The second-order valence-electron chi connectivity index (χ2n) is 2.62. The average Bonchev–Trinajstić information content (AvgIpc) is 2.17. The van der Waals surface area contributed by atoms with E-state index in [4.69, 9.17) is 9.47 Å². The minimum atomic E-state index is 0.465. The van der Waals surface area contributed by atoms with Gasteiger partial charge in [0.05, 0.1) is 6.10 Å². The lowest BCUT2D eigenvalue weighted by atomic mass is 10.2. The molecule has 0 aromatic heterocycles. The Morgan fingerprint density at radius 2 is 2.30 bits per heavy atom. The molecule has 0 amide bonds. The summed E-state index contributed by atoms with van der Waals surface area (Å²) in [6.45, 7) is 4.69. The Hall–Kier alpha value is -0.0800. The molecule has 0 saturated carbocycles. The van der Waals surface area contributed by atoms with E-state index in [1.807, 2.05) is 6.92 Å². The summed E-state index contributed by atoms with van der Waals surface area (Å²) in [5.41, 5.74) is 0. The fourth-order valence-electron chi connectivity index (χ4n) is 1.28. The lowest BCUT2D eigenvalue weighted by molar-refractivity contribution is 0.0461. The van der Waals surface area contributed by atoms with Crippen molar-refractivity contribution >= 4 is 0 Å². The van der Waals surface area contributed by atoms with E-state index in [9.17, 15) is 0 Å². The zero-order valence-corrected chi connectivity index (χ0v) is 6.64. The van der Waals surface area contributed by atoms with Crippen LogP contribution >= 0.6 is 0 Å². The topological polar surface area (TPSA) is 18.5 Å². The van der Waals surface area contributed by atoms with Gasteiger partial charge in [-0.25, -0.2) is 0 Å². The van der Waals surface area contributed by atoms with Crippen LogP contribution in [0.25, 0.3) is 0 Å². The van der Waals surface area contributed by atoms with Gasteiger partial charge in [0.15, 0.2) is 0 Å². The molecule has 60 valence electrons.